The minimum atomic E-state index is -0.292. The van der Waals surface area contributed by atoms with Crippen LogP contribution < -0.4 is 10.6 Å². The van der Waals surface area contributed by atoms with Crippen molar-refractivity contribution in [3.8, 4) is 0 Å². The fraction of sp³-hybridized carbons (Fsp3) is 0.150. The molecule has 0 aromatic heterocycles. The average molecular weight is 304 g/mol. The highest BCUT2D eigenvalue weighted by molar-refractivity contribution is 5.88. The van der Waals surface area contributed by atoms with Crippen LogP contribution in [0.25, 0.3) is 10.8 Å². The number of carbonyl (C=O) groups excluding carboxylic acids is 1. The molecule has 0 saturated carbocycles. The Morgan fingerprint density at radius 2 is 1.61 bits per heavy atom. The molecule has 3 nitrogen and oxygen atoms in total. The van der Waals surface area contributed by atoms with Gasteiger partial charge in [0.2, 0.25) is 5.91 Å². The first kappa shape index (κ1) is 15.1. The predicted octanol–water partition coefficient (Wildman–Crippen LogP) is 3.96. The molecule has 3 heteroatoms. The molecule has 0 unspecified atom stereocenters. The number of fused-ring (bicyclic) bond motifs is 1. The molecule has 23 heavy (non-hydrogen) atoms. The van der Waals surface area contributed by atoms with Crippen LogP contribution in [0, 0.1) is 0 Å². The van der Waals surface area contributed by atoms with Crippen molar-refractivity contribution in [1.82, 2.24) is 5.32 Å². The molecule has 116 valence electrons. The van der Waals surface area contributed by atoms with E-state index < -0.39 is 0 Å². The van der Waals surface area contributed by atoms with Gasteiger partial charge in [0.1, 0.15) is 6.04 Å². The van der Waals surface area contributed by atoms with Crippen molar-refractivity contribution in [2.45, 2.75) is 19.5 Å². The zero-order valence-electron chi connectivity index (χ0n) is 13.1. The molecular formula is C20H20N2O. The molecule has 0 radical (unpaired) electrons. The van der Waals surface area contributed by atoms with Crippen molar-refractivity contribution in [2.24, 2.45) is 0 Å². The lowest BCUT2D eigenvalue weighted by atomic mass is 10.1. The summed E-state index contributed by atoms with van der Waals surface area (Å²) in [5.41, 5.74) is 2.05. The maximum absolute atomic E-state index is 12.2. The van der Waals surface area contributed by atoms with Gasteiger partial charge in [0.05, 0.1) is 0 Å². The summed E-state index contributed by atoms with van der Waals surface area (Å²) in [6, 6.07) is 23.9. The Morgan fingerprint density at radius 1 is 0.913 bits per heavy atom. The Hall–Kier alpha value is -2.81. The summed E-state index contributed by atoms with van der Waals surface area (Å²) in [5.74, 6) is -0.0120. The van der Waals surface area contributed by atoms with E-state index in [1.807, 2.05) is 55.5 Å². The third kappa shape index (κ3) is 3.89. The summed E-state index contributed by atoms with van der Waals surface area (Å²) >= 11 is 0. The van der Waals surface area contributed by atoms with Gasteiger partial charge in [-0.2, -0.15) is 0 Å². The Labute approximate surface area is 136 Å². The second kappa shape index (κ2) is 6.97. The van der Waals surface area contributed by atoms with Crippen LogP contribution >= 0.6 is 0 Å². The summed E-state index contributed by atoms with van der Waals surface area (Å²) in [7, 11) is 0. The fourth-order valence-electron chi connectivity index (χ4n) is 2.53. The van der Waals surface area contributed by atoms with Gasteiger partial charge in [-0.3, -0.25) is 4.79 Å². The van der Waals surface area contributed by atoms with E-state index in [4.69, 9.17) is 0 Å². The Kier molecular flexibility index (Phi) is 4.57. The number of carbonyl (C=O) groups is 1. The van der Waals surface area contributed by atoms with E-state index in [2.05, 4.69) is 34.9 Å². The number of anilines is 1. The van der Waals surface area contributed by atoms with Gasteiger partial charge in [0.15, 0.2) is 0 Å². The van der Waals surface area contributed by atoms with E-state index in [9.17, 15) is 4.79 Å². The molecule has 0 aliphatic rings. The van der Waals surface area contributed by atoms with Crippen molar-refractivity contribution >= 4 is 22.4 Å². The van der Waals surface area contributed by atoms with Crippen molar-refractivity contribution in [3.05, 3.63) is 78.4 Å². The largest absolute Gasteiger partial charge is 0.374 e. The highest BCUT2D eigenvalue weighted by atomic mass is 16.2. The Bertz CT molecular complexity index is 799. The van der Waals surface area contributed by atoms with Crippen molar-refractivity contribution in [3.63, 3.8) is 0 Å². The molecular weight excluding hydrogens is 284 g/mol. The molecule has 3 aromatic rings. The molecule has 0 saturated heterocycles. The number of amides is 1. The number of hydrogen-bond donors (Lipinski definition) is 2. The molecule has 3 aromatic carbocycles. The number of hydrogen-bond acceptors (Lipinski definition) is 2. The molecule has 2 N–H and O–H groups in total. The second-order valence-corrected chi connectivity index (χ2v) is 5.63. The van der Waals surface area contributed by atoms with Gasteiger partial charge in [-0.15, -0.1) is 0 Å². The van der Waals surface area contributed by atoms with Gasteiger partial charge < -0.3 is 10.6 Å². The van der Waals surface area contributed by atoms with Gasteiger partial charge in [-0.1, -0.05) is 60.7 Å². The molecule has 0 aliphatic carbocycles. The first-order chi connectivity index (χ1) is 11.2. The topological polar surface area (TPSA) is 41.1 Å². The zero-order chi connectivity index (χ0) is 16.1. The minimum Gasteiger partial charge on any atom is -0.374 e. The van der Waals surface area contributed by atoms with Gasteiger partial charge >= 0.3 is 0 Å². The Morgan fingerprint density at radius 3 is 2.39 bits per heavy atom. The van der Waals surface area contributed by atoms with Crippen LogP contribution in [-0.2, 0) is 11.3 Å². The third-order valence-corrected chi connectivity index (χ3v) is 3.84. The van der Waals surface area contributed by atoms with Crippen LogP contribution in [0.4, 0.5) is 5.69 Å². The SMILES string of the molecule is C[C@H](Nc1ccc2ccccc2c1)C(=O)NCc1ccccc1. The smallest absolute Gasteiger partial charge is 0.242 e. The normalized spacial score (nSPS) is 11.9. The molecule has 1 atom stereocenters. The third-order valence-electron chi connectivity index (χ3n) is 3.84. The van der Waals surface area contributed by atoms with E-state index >= 15 is 0 Å². The van der Waals surface area contributed by atoms with Crippen LogP contribution in [0.2, 0.25) is 0 Å². The lowest BCUT2D eigenvalue weighted by Gasteiger charge is -2.16. The molecule has 0 fully saturated rings. The summed E-state index contributed by atoms with van der Waals surface area (Å²) < 4.78 is 0. The van der Waals surface area contributed by atoms with E-state index in [-0.39, 0.29) is 11.9 Å². The van der Waals surface area contributed by atoms with Crippen LogP contribution in [0.3, 0.4) is 0 Å². The van der Waals surface area contributed by atoms with E-state index in [0.717, 1.165) is 16.6 Å². The highest BCUT2D eigenvalue weighted by Crippen LogP contribution is 2.19. The predicted molar refractivity (Wildman–Crippen MR) is 95.3 cm³/mol. The standard InChI is InChI=1S/C20H20N2O/c1-15(20(23)21-14-16-7-3-2-4-8-16)22-19-12-11-17-9-5-6-10-18(17)13-19/h2-13,15,22H,14H2,1H3,(H,21,23)/t15-/m0/s1. The number of nitrogens with one attached hydrogen (secondary N) is 2. The number of rotatable bonds is 5. The zero-order valence-corrected chi connectivity index (χ0v) is 13.1. The highest BCUT2D eigenvalue weighted by Gasteiger charge is 2.12. The lowest BCUT2D eigenvalue weighted by molar-refractivity contribution is -0.121. The second-order valence-electron chi connectivity index (χ2n) is 5.63. The van der Waals surface area contributed by atoms with Crippen molar-refractivity contribution < 1.29 is 4.79 Å². The van der Waals surface area contributed by atoms with Crippen LogP contribution in [0.15, 0.2) is 72.8 Å². The summed E-state index contributed by atoms with van der Waals surface area (Å²) in [4.78, 5) is 12.2. The molecule has 0 aliphatic heterocycles. The molecule has 0 bridgehead atoms. The summed E-state index contributed by atoms with van der Waals surface area (Å²) in [5, 5.41) is 8.57. The molecule has 1 amide bonds. The number of benzene rings is 3. The van der Waals surface area contributed by atoms with Gasteiger partial charge in [-0.25, -0.2) is 0 Å². The van der Waals surface area contributed by atoms with E-state index in [0.29, 0.717) is 6.54 Å². The van der Waals surface area contributed by atoms with Crippen molar-refractivity contribution in [2.75, 3.05) is 5.32 Å². The molecule has 0 heterocycles. The quantitative estimate of drug-likeness (QED) is 0.749. The van der Waals surface area contributed by atoms with Gasteiger partial charge in [0.25, 0.3) is 0 Å². The van der Waals surface area contributed by atoms with E-state index in [1.165, 1.54) is 5.39 Å². The van der Waals surface area contributed by atoms with E-state index in [1.54, 1.807) is 0 Å². The van der Waals surface area contributed by atoms with Crippen LogP contribution in [-0.4, -0.2) is 11.9 Å². The maximum Gasteiger partial charge on any atom is 0.242 e. The first-order valence-corrected chi connectivity index (χ1v) is 7.79. The lowest BCUT2D eigenvalue weighted by Crippen LogP contribution is -2.37. The monoisotopic (exact) mass is 304 g/mol. The van der Waals surface area contributed by atoms with Crippen LogP contribution in [0.5, 0.6) is 0 Å². The molecule has 0 spiro atoms. The molecule has 3 rings (SSSR count). The summed E-state index contributed by atoms with van der Waals surface area (Å²) in [6.45, 7) is 2.42. The summed E-state index contributed by atoms with van der Waals surface area (Å²) in [6.07, 6.45) is 0. The maximum atomic E-state index is 12.2. The first-order valence-electron chi connectivity index (χ1n) is 7.79. The van der Waals surface area contributed by atoms with Crippen LogP contribution in [0.1, 0.15) is 12.5 Å². The van der Waals surface area contributed by atoms with Gasteiger partial charge in [0, 0.05) is 12.2 Å². The fourth-order valence-corrected chi connectivity index (χ4v) is 2.53. The van der Waals surface area contributed by atoms with Crippen molar-refractivity contribution in [1.29, 1.82) is 0 Å². The van der Waals surface area contributed by atoms with Gasteiger partial charge in [-0.05, 0) is 35.4 Å². The minimum absolute atomic E-state index is 0.0120. The average Bonchev–Trinajstić information content (AvgIpc) is 2.60. The Balaban J connectivity index is 1.60.